The molecule has 0 bridgehead atoms. The molecule has 10 heteroatoms. The van der Waals surface area contributed by atoms with E-state index in [1.165, 1.54) is 19.2 Å². The normalized spacial score (nSPS) is 10.6. The number of nitrogens with one attached hydrogen (secondary N) is 1. The van der Waals surface area contributed by atoms with E-state index in [2.05, 4.69) is 10.5 Å². The number of hydrazone groups is 1. The fraction of sp³-hybridized carbons (Fsp3) is 0.167. The molecule has 0 heterocycles. The Bertz CT molecular complexity index is 974. The van der Waals surface area contributed by atoms with Gasteiger partial charge in [-0.2, -0.15) is 5.10 Å². The lowest BCUT2D eigenvalue weighted by Gasteiger charge is -2.09. The molecule has 0 unspecified atom stereocenters. The molecular formula is C18H16ClN3O6. The topological polar surface area (TPSA) is 120 Å². The number of rotatable bonds is 6. The first kappa shape index (κ1) is 20.8. The number of hydrogen-bond donors (Lipinski definition) is 1. The number of carbonyl (C=O) groups excluding carboxylic acids is 2. The molecular weight excluding hydrogens is 390 g/mol. The smallest absolute Gasteiger partial charge is 0.323 e. The van der Waals surface area contributed by atoms with Crippen molar-refractivity contribution in [2.75, 3.05) is 7.11 Å². The molecule has 0 spiro atoms. The van der Waals surface area contributed by atoms with Gasteiger partial charge >= 0.3 is 11.7 Å². The Morgan fingerprint density at radius 3 is 2.57 bits per heavy atom. The monoisotopic (exact) mass is 405 g/mol. The lowest BCUT2D eigenvalue weighted by Crippen LogP contribution is -2.18. The van der Waals surface area contributed by atoms with Crippen molar-refractivity contribution < 1.29 is 24.0 Å². The van der Waals surface area contributed by atoms with Gasteiger partial charge in [0.25, 0.3) is 5.91 Å². The van der Waals surface area contributed by atoms with Gasteiger partial charge in [-0.1, -0.05) is 17.7 Å². The predicted octanol–water partition coefficient (Wildman–Crippen LogP) is 3.25. The summed E-state index contributed by atoms with van der Waals surface area (Å²) in [6.45, 7) is 2.99. The third kappa shape index (κ3) is 4.83. The van der Waals surface area contributed by atoms with Crippen molar-refractivity contribution in [1.29, 1.82) is 0 Å². The van der Waals surface area contributed by atoms with Crippen LogP contribution < -0.4 is 14.9 Å². The van der Waals surface area contributed by atoms with Crippen LogP contribution in [0.25, 0.3) is 0 Å². The van der Waals surface area contributed by atoms with Gasteiger partial charge in [-0.05, 0) is 36.8 Å². The summed E-state index contributed by atoms with van der Waals surface area (Å²) >= 11 is 6.03. The molecule has 1 N–H and O–H groups in total. The van der Waals surface area contributed by atoms with E-state index in [-0.39, 0.29) is 27.6 Å². The molecule has 0 aliphatic rings. The van der Waals surface area contributed by atoms with Crippen LogP contribution in [0.3, 0.4) is 0 Å². The summed E-state index contributed by atoms with van der Waals surface area (Å²) in [5.74, 6) is -1.57. The molecule has 0 fully saturated rings. The molecule has 0 atom stereocenters. The Hall–Kier alpha value is -3.46. The highest BCUT2D eigenvalue weighted by Crippen LogP contribution is 2.39. The number of carbonyl (C=O) groups is 2. The standard InChI is InChI=1S/C18H16ClN3O6/c1-10-4-6-13(14(19)8-10)18(24)21-20-9-12-5-7-15(28-11(2)23)17(27-3)16(12)22(25)26/h4-9H,1-3H3,(H,21,24). The van der Waals surface area contributed by atoms with Gasteiger partial charge in [0.05, 0.1) is 34.4 Å². The van der Waals surface area contributed by atoms with Crippen molar-refractivity contribution in [3.05, 3.63) is 62.2 Å². The van der Waals surface area contributed by atoms with E-state index in [4.69, 9.17) is 21.1 Å². The van der Waals surface area contributed by atoms with E-state index in [0.717, 1.165) is 18.7 Å². The van der Waals surface area contributed by atoms with Gasteiger partial charge in [0.2, 0.25) is 5.75 Å². The lowest BCUT2D eigenvalue weighted by atomic mass is 10.1. The van der Waals surface area contributed by atoms with E-state index in [0.29, 0.717) is 0 Å². The van der Waals surface area contributed by atoms with Gasteiger partial charge in [0.1, 0.15) is 0 Å². The van der Waals surface area contributed by atoms with Crippen molar-refractivity contribution in [3.8, 4) is 11.5 Å². The molecule has 0 radical (unpaired) electrons. The Balaban J connectivity index is 2.30. The SMILES string of the molecule is COc1c(OC(C)=O)ccc(C=NNC(=O)c2ccc(C)cc2Cl)c1[N+](=O)[O-]. The Morgan fingerprint density at radius 1 is 1.29 bits per heavy atom. The number of hydrogen-bond acceptors (Lipinski definition) is 7. The number of methoxy groups -OCH3 is 1. The molecule has 2 aromatic rings. The van der Waals surface area contributed by atoms with Crippen LogP contribution in [-0.4, -0.2) is 30.1 Å². The van der Waals surface area contributed by atoms with Crippen molar-refractivity contribution in [3.63, 3.8) is 0 Å². The number of halogens is 1. The lowest BCUT2D eigenvalue weighted by molar-refractivity contribution is -0.385. The number of ether oxygens (including phenoxy) is 2. The van der Waals surface area contributed by atoms with E-state index < -0.39 is 22.5 Å². The van der Waals surface area contributed by atoms with E-state index in [1.54, 1.807) is 18.2 Å². The van der Waals surface area contributed by atoms with Gasteiger partial charge in [-0.15, -0.1) is 0 Å². The van der Waals surface area contributed by atoms with Gasteiger partial charge in [0, 0.05) is 6.92 Å². The molecule has 0 saturated heterocycles. The third-order valence-corrected chi connectivity index (χ3v) is 3.82. The Kier molecular flexibility index (Phi) is 6.67. The van der Waals surface area contributed by atoms with Gasteiger partial charge < -0.3 is 9.47 Å². The van der Waals surface area contributed by atoms with Crippen LogP contribution in [0.15, 0.2) is 35.4 Å². The summed E-state index contributed by atoms with van der Waals surface area (Å²) in [5.41, 5.74) is 2.92. The average Bonchev–Trinajstić information content (AvgIpc) is 2.61. The zero-order valence-electron chi connectivity index (χ0n) is 15.2. The highest BCUT2D eigenvalue weighted by atomic mass is 35.5. The van der Waals surface area contributed by atoms with E-state index in [1.807, 2.05) is 6.92 Å². The molecule has 2 rings (SSSR count). The minimum Gasteiger partial charge on any atom is -0.488 e. The van der Waals surface area contributed by atoms with Crippen molar-refractivity contribution in [1.82, 2.24) is 5.43 Å². The second-order valence-electron chi connectivity index (χ2n) is 5.57. The van der Waals surface area contributed by atoms with Crippen LogP contribution in [0, 0.1) is 17.0 Å². The fourth-order valence-electron chi connectivity index (χ4n) is 2.32. The Morgan fingerprint density at radius 2 is 2.00 bits per heavy atom. The second kappa shape index (κ2) is 8.96. The zero-order chi connectivity index (χ0) is 20.8. The Labute approximate surface area is 165 Å². The van der Waals surface area contributed by atoms with Crippen LogP contribution >= 0.6 is 11.6 Å². The number of amides is 1. The average molecular weight is 406 g/mol. The number of nitro groups is 1. The first-order valence-electron chi connectivity index (χ1n) is 7.88. The summed E-state index contributed by atoms with van der Waals surface area (Å²) in [6.07, 6.45) is 1.08. The third-order valence-electron chi connectivity index (χ3n) is 3.51. The first-order chi connectivity index (χ1) is 13.2. The molecule has 0 aliphatic heterocycles. The van der Waals surface area contributed by atoms with Gasteiger partial charge in [-0.25, -0.2) is 5.43 Å². The molecule has 0 saturated carbocycles. The van der Waals surface area contributed by atoms with Crippen LogP contribution in [-0.2, 0) is 4.79 Å². The molecule has 28 heavy (non-hydrogen) atoms. The zero-order valence-corrected chi connectivity index (χ0v) is 15.9. The maximum Gasteiger partial charge on any atom is 0.323 e. The minimum absolute atomic E-state index is 0.0352. The van der Waals surface area contributed by atoms with Gasteiger partial charge in [-0.3, -0.25) is 19.7 Å². The number of benzene rings is 2. The van der Waals surface area contributed by atoms with E-state index in [9.17, 15) is 19.7 Å². The first-order valence-corrected chi connectivity index (χ1v) is 8.25. The molecule has 146 valence electrons. The number of nitro benzene ring substituents is 1. The molecule has 0 aliphatic carbocycles. The fourth-order valence-corrected chi connectivity index (χ4v) is 2.64. The largest absolute Gasteiger partial charge is 0.488 e. The summed E-state index contributed by atoms with van der Waals surface area (Å²) < 4.78 is 9.93. The molecule has 1 amide bonds. The van der Waals surface area contributed by atoms with Crippen molar-refractivity contribution in [2.24, 2.45) is 5.10 Å². The van der Waals surface area contributed by atoms with Crippen LogP contribution in [0.4, 0.5) is 5.69 Å². The molecule has 2 aromatic carbocycles. The second-order valence-corrected chi connectivity index (χ2v) is 5.98. The summed E-state index contributed by atoms with van der Waals surface area (Å²) in [4.78, 5) is 34.1. The summed E-state index contributed by atoms with van der Waals surface area (Å²) in [5, 5.41) is 15.4. The van der Waals surface area contributed by atoms with Gasteiger partial charge in [0.15, 0.2) is 5.75 Å². The van der Waals surface area contributed by atoms with Crippen LogP contribution in [0.1, 0.15) is 28.4 Å². The summed E-state index contributed by atoms with van der Waals surface area (Å²) in [7, 11) is 1.21. The number of nitrogens with zero attached hydrogens (tertiary/aromatic N) is 2. The number of aryl methyl sites for hydroxylation is 1. The van der Waals surface area contributed by atoms with E-state index >= 15 is 0 Å². The maximum atomic E-state index is 12.2. The van der Waals surface area contributed by atoms with Crippen molar-refractivity contribution >= 4 is 35.4 Å². The molecule has 0 aromatic heterocycles. The minimum atomic E-state index is -0.703. The van der Waals surface area contributed by atoms with Crippen LogP contribution in [0.2, 0.25) is 5.02 Å². The maximum absolute atomic E-state index is 12.2. The molecule has 9 nitrogen and oxygen atoms in total. The van der Waals surface area contributed by atoms with Crippen LogP contribution in [0.5, 0.6) is 11.5 Å². The number of esters is 1. The highest BCUT2D eigenvalue weighted by Gasteiger charge is 2.25. The van der Waals surface area contributed by atoms with Crippen molar-refractivity contribution in [2.45, 2.75) is 13.8 Å². The predicted molar refractivity (Wildman–Crippen MR) is 102 cm³/mol. The quantitative estimate of drug-likeness (QED) is 0.259. The summed E-state index contributed by atoms with van der Waals surface area (Å²) in [6, 6.07) is 7.53. The highest BCUT2D eigenvalue weighted by molar-refractivity contribution is 6.33.